The van der Waals surface area contributed by atoms with Gasteiger partial charge in [-0.25, -0.2) is 17.6 Å². The Balaban J connectivity index is 2.10. The smallest absolute Gasteiger partial charge is 0.329 e. The predicted molar refractivity (Wildman–Crippen MR) is 86.1 cm³/mol. The fourth-order valence-corrected chi connectivity index (χ4v) is 4.05. The molecule has 0 fully saturated rings. The first kappa shape index (κ1) is 17.1. The highest BCUT2D eigenvalue weighted by Crippen LogP contribution is 2.31. The highest BCUT2D eigenvalue weighted by molar-refractivity contribution is 7.89. The first-order chi connectivity index (χ1) is 11.7. The summed E-state index contributed by atoms with van der Waals surface area (Å²) < 4.78 is 39.2. The first-order valence-corrected chi connectivity index (χ1v) is 8.64. The number of rotatable bonds is 3. The minimum atomic E-state index is -4.17. The lowest BCUT2D eigenvalue weighted by atomic mass is 9.96. The van der Waals surface area contributed by atoms with Crippen LogP contribution in [-0.2, 0) is 21.2 Å². The van der Waals surface area contributed by atoms with Gasteiger partial charge in [0.25, 0.3) is 0 Å². The van der Waals surface area contributed by atoms with Crippen LogP contribution >= 0.6 is 0 Å². The molecule has 0 amide bonds. The third-order valence-corrected chi connectivity index (χ3v) is 5.39. The van der Waals surface area contributed by atoms with Crippen LogP contribution in [0.2, 0.25) is 0 Å². The highest BCUT2D eigenvalue weighted by atomic mass is 32.2. The largest absolute Gasteiger partial charge is 0.480 e. The van der Waals surface area contributed by atoms with E-state index >= 15 is 0 Å². The summed E-state index contributed by atoms with van der Waals surface area (Å²) in [6, 6.07) is 6.35. The van der Waals surface area contributed by atoms with E-state index in [9.17, 15) is 22.4 Å². The maximum Gasteiger partial charge on any atom is 0.329 e. The van der Waals surface area contributed by atoms with E-state index < -0.39 is 33.6 Å². The first-order valence-electron chi connectivity index (χ1n) is 7.16. The van der Waals surface area contributed by atoms with Gasteiger partial charge in [-0.2, -0.15) is 4.72 Å². The Morgan fingerprint density at radius 2 is 1.84 bits per heavy atom. The van der Waals surface area contributed by atoms with Crippen LogP contribution in [-0.4, -0.2) is 31.3 Å². The number of hydrogen-bond acceptors (Lipinski definition) is 5. The summed E-state index contributed by atoms with van der Waals surface area (Å²) in [5.41, 5.74) is 6.70. The van der Waals surface area contributed by atoms with Crippen LogP contribution < -0.4 is 10.5 Å². The lowest BCUT2D eigenvalue weighted by molar-refractivity contribution is -0.137. The van der Waals surface area contributed by atoms with Gasteiger partial charge in [0, 0.05) is 5.69 Å². The zero-order valence-corrected chi connectivity index (χ0v) is 13.5. The van der Waals surface area contributed by atoms with E-state index in [0.29, 0.717) is 11.1 Å². The number of Topliss-reactive ketones (excluding diaryl/α,β-unsaturated/α-hetero) is 1. The Kier molecular flexibility index (Phi) is 4.05. The number of fused-ring (bicyclic) bond motifs is 1. The van der Waals surface area contributed by atoms with Gasteiger partial charge >= 0.3 is 5.97 Å². The number of nitrogen functional groups attached to an aromatic ring is 1. The summed E-state index contributed by atoms with van der Waals surface area (Å²) >= 11 is 0. The Bertz CT molecular complexity index is 986. The second kappa shape index (κ2) is 5.94. The Labute approximate surface area is 142 Å². The molecule has 4 N–H and O–H groups in total. The van der Waals surface area contributed by atoms with Crippen molar-refractivity contribution >= 4 is 27.5 Å². The monoisotopic (exact) mass is 364 g/mol. The Hall–Kier alpha value is -2.78. The maximum atomic E-state index is 13.0. The van der Waals surface area contributed by atoms with Crippen LogP contribution in [0.3, 0.4) is 0 Å². The van der Waals surface area contributed by atoms with Crippen molar-refractivity contribution in [3.8, 4) is 0 Å². The molecule has 1 heterocycles. The minimum Gasteiger partial charge on any atom is -0.480 e. The number of carbonyl (C=O) groups excluding carboxylic acids is 1. The van der Waals surface area contributed by atoms with Crippen molar-refractivity contribution in [2.45, 2.75) is 17.4 Å². The number of halogens is 1. The molecule has 0 aromatic heterocycles. The lowest BCUT2D eigenvalue weighted by Crippen LogP contribution is -2.50. The van der Waals surface area contributed by atoms with Crippen molar-refractivity contribution in [2.24, 2.45) is 0 Å². The van der Waals surface area contributed by atoms with E-state index in [4.69, 9.17) is 10.8 Å². The number of benzene rings is 2. The van der Waals surface area contributed by atoms with E-state index in [0.717, 1.165) is 0 Å². The molecular weight excluding hydrogens is 351 g/mol. The number of anilines is 1. The Morgan fingerprint density at radius 3 is 2.44 bits per heavy atom. The van der Waals surface area contributed by atoms with E-state index in [1.807, 2.05) is 4.72 Å². The van der Waals surface area contributed by atoms with Gasteiger partial charge < -0.3 is 10.8 Å². The average Bonchev–Trinajstić information content (AvgIpc) is 2.54. The van der Waals surface area contributed by atoms with E-state index in [-0.39, 0.29) is 22.6 Å². The molecule has 0 aliphatic carbocycles. The number of nitrogens with one attached hydrogen (secondary N) is 1. The minimum absolute atomic E-state index is 0.0943. The summed E-state index contributed by atoms with van der Waals surface area (Å²) in [5.74, 6) is -2.93. The van der Waals surface area contributed by atoms with Gasteiger partial charge in [-0.3, -0.25) is 4.79 Å². The molecule has 130 valence electrons. The normalized spacial score (nSPS) is 18.6. The molecule has 2 aromatic carbocycles. The Morgan fingerprint density at radius 1 is 1.20 bits per heavy atom. The van der Waals surface area contributed by atoms with Crippen molar-refractivity contribution in [1.82, 2.24) is 4.72 Å². The molecule has 0 saturated carbocycles. The fraction of sp³-hybridized carbons (Fsp3) is 0.125. The van der Waals surface area contributed by atoms with Gasteiger partial charge in [0.1, 0.15) is 5.82 Å². The topological polar surface area (TPSA) is 127 Å². The molecule has 1 aliphatic heterocycles. The number of nitrogens with two attached hydrogens (primary N) is 1. The summed E-state index contributed by atoms with van der Waals surface area (Å²) in [5, 5.41) is 9.06. The summed E-state index contributed by atoms with van der Waals surface area (Å²) in [4.78, 5) is 23.2. The number of carbonyl (C=O) groups is 2. The molecule has 2 aromatic rings. The van der Waals surface area contributed by atoms with Crippen molar-refractivity contribution in [3.63, 3.8) is 0 Å². The van der Waals surface area contributed by atoms with E-state index in [2.05, 4.69) is 0 Å². The quantitative estimate of drug-likeness (QED) is 0.549. The molecular formula is C16H13FN2O5S. The molecule has 9 heteroatoms. The molecule has 3 rings (SSSR count). The number of carboxylic acid groups (broad SMARTS) is 1. The van der Waals surface area contributed by atoms with Crippen molar-refractivity contribution in [1.29, 1.82) is 0 Å². The van der Waals surface area contributed by atoms with Crippen LogP contribution in [0.25, 0.3) is 0 Å². The number of ketones is 1. The SMILES string of the molecule is Nc1c(Cc2ccc(F)cc2)ccc2c1C(=O)C(C(=O)O)NS2(=O)=O. The van der Waals surface area contributed by atoms with Gasteiger partial charge in [0.15, 0.2) is 11.8 Å². The number of aliphatic carboxylic acids is 1. The number of hydrogen-bond donors (Lipinski definition) is 3. The number of sulfonamides is 1. The third kappa shape index (κ3) is 2.99. The van der Waals surface area contributed by atoms with Crippen LogP contribution in [0.5, 0.6) is 0 Å². The van der Waals surface area contributed by atoms with Gasteiger partial charge in [-0.15, -0.1) is 0 Å². The lowest BCUT2D eigenvalue weighted by Gasteiger charge is -2.24. The van der Waals surface area contributed by atoms with Gasteiger partial charge in [-0.1, -0.05) is 18.2 Å². The number of carboxylic acids is 1. The fourth-order valence-electron chi connectivity index (χ4n) is 2.68. The van der Waals surface area contributed by atoms with E-state index in [1.54, 1.807) is 0 Å². The molecule has 25 heavy (non-hydrogen) atoms. The van der Waals surface area contributed by atoms with Crippen molar-refractivity contribution < 1.29 is 27.5 Å². The second-order valence-corrected chi connectivity index (χ2v) is 7.25. The molecule has 0 saturated heterocycles. The van der Waals surface area contributed by atoms with Gasteiger partial charge in [0.05, 0.1) is 10.5 Å². The molecule has 0 radical (unpaired) electrons. The summed E-state index contributed by atoms with van der Waals surface area (Å²) in [6.07, 6.45) is 0.234. The zero-order chi connectivity index (χ0) is 18.4. The molecule has 1 aliphatic rings. The molecule has 0 bridgehead atoms. The molecule has 7 nitrogen and oxygen atoms in total. The van der Waals surface area contributed by atoms with Crippen molar-refractivity contribution in [2.75, 3.05) is 5.73 Å². The van der Waals surface area contributed by atoms with Gasteiger partial charge in [-0.05, 0) is 35.7 Å². The molecule has 1 unspecified atom stereocenters. The summed E-state index contributed by atoms with van der Waals surface area (Å²) in [6.45, 7) is 0. The highest BCUT2D eigenvalue weighted by Gasteiger charge is 2.41. The summed E-state index contributed by atoms with van der Waals surface area (Å²) in [7, 11) is -4.17. The second-order valence-electron chi connectivity index (χ2n) is 5.57. The zero-order valence-electron chi connectivity index (χ0n) is 12.7. The predicted octanol–water partition coefficient (Wildman–Crippen LogP) is 0.927. The standard InChI is InChI=1S/C16H13FN2O5S/c17-10-4-1-8(2-5-10)7-9-3-6-11-12(13(9)18)15(20)14(16(21)22)19-25(11,23)24/h1-6,14,19H,7,18H2,(H,21,22). The molecule has 0 spiro atoms. The third-order valence-electron chi connectivity index (χ3n) is 3.92. The van der Waals surface area contributed by atoms with E-state index in [1.165, 1.54) is 36.4 Å². The van der Waals surface area contributed by atoms with Crippen LogP contribution in [0, 0.1) is 5.82 Å². The van der Waals surface area contributed by atoms with Crippen LogP contribution in [0.15, 0.2) is 41.3 Å². The average molecular weight is 364 g/mol. The van der Waals surface area contributed by atoms with Gasteiger partial charge in [0.2, 0.25) is 10.0 Å². The molecule has 1 atom stereocenters. The van der Waals surface area contributed by atoms with Crippen molar-refractivity contribution in [3.05, 3.63) is 58.9 Å². The maximum absolute atomic E-state index is 13.0. The van der Waals surface area contributed by atoms with Crippen LogP contribution in [0.4, 0.5) is 10.1 Å². The van der Waals surface area contributed by atoms with Crippen LogP contribution in [0.1, 0.15) is 21.5 Å².